The van der Waals surface area contributed by atoms with E-state index in [-0.39, 0.29) is 5.91 Å². The maximum Gasteiger partial charge on any atom is 0.331 e. The zero-order valence-corrected chi connectivity index (χ0v) is 17.7. The van der Waals surface area contributed by atoms with Crippen LogP contribution < -0.4 is 10.1 Å². The normalized spacial score (nSPS) is 11.8. The number of amides is 1. The topological polar surface area (TPSA) is 82.5 Å². The molecule has 1 aromatic heterocycles. The van der Waals surface area contributed by atoms with Crippen molar-refractivity contribution in [1.82, 2.24) is 15.1 Å². The minimum Gasteiger partial charge on any atom is -0.496 e. The molecule has 0 aliphatic heterocycles. The number of nitrogens with one attached hydrogen (secondary N) is 1. The van der Waals surface area contributed by atoms with Crippen molar-refractivity contribution in [1.29, 1.82) is 0 Å². The van der Waals surface area contributed by atoms with Crippen molar-refractivity contribution in [2.75, 3.05) is 13.7 Å². The van der Waals surface area contributed by atoms with Gasteiger partial charge in [0.25, 0.3) is 5.91 Å². The summed E-state index contributed by atoms with van der Waals surface area (Å²) in [6.45, 7) is 3.80. The summed E-state index contributed by atoms with van der Waals surface area (Å²) in [6.07, 6.45) is 3.87. The molecule has 3 aromatic rings. The predicted molar refractivity (Wildman–Crippen MR) is 119 cm³/mol. The van der Waals surface area contributed by atoms with Crippen molar-refractivity contribution in [3.05, 3.63) is 72.4 Å². The Balaban J connectivity index is 1.93. The number of carbonyl (C=O) groups is 2. The van der Waals surface area contributed by atoms with Gasteiger partial charge in [-0.1, -0.05) is 30.3 Å². The lowest BCUT2D eigenvalue weighted by atomic mass is 10.1. The molecule has 1 atom stereocenters. The predicted octanol–water partition coefficient (Wildman–Crippen LogP) is 3.63. The molecule has 7 nitrogen and oxygen atoms in total. The van der Waals surface area contributed by atoms with E-state index in [2.05, 4.69) is 5.32 Å². The smallest absolute Gasteiger partial charge is 0.331 e. The van der Waals surface area contributed by atoms with E-state index in [9.17, 15) is 9.59 Å². The first-order valence-corrected chi connectivity index (χ1v) is 9.98. The van der Waals surface area contributed by atoms with Crippen LogP contribution in [-0.4, -0.2) is 41.4 Å². The molecule has 0 fully saturated rings. The third kappa shape index (κ3) is 5.39. The number of hydrogen-bond donors (Lipinski definition) is 1. The van der Waals surface area contributed by atoms with Crippen LogP contribution in [0, 0.1) is 0 Å². The van der Waals surface area contributed by atoms with E-state index in [1.54, 1.807) is 24.8 Å². The van der Waals surface area contributed by atoms with Crippen molar-refractivity contribution in [2.45, 2.75) is 20.0 Å². The molecular weight excluding hydrogens is 394 g/mol. The molecule has 1 heterocycles. The van der Waals surface area contributed by atoms with Gasteiger partial charge >= 0.3 is 5.97 Å². The van der Waals surface area contributed by atoms with Gasteiger partial charge in [-0.3, -0.25) is 4.79 Å². The molecule has 0 bridgehead atoms. The van der Waals surface area contributed by atoms with Crippen molar-refractivity contribution in [3.8, 4) is 22.7 Å². The van der Waals surface area contributed by atoms with Crippen LogP contribution in [0.15, 0.2) is 66.9 Å². The van der Waals surface area contributed by atoms with Crippen molar-refractivity contribution >= 4 is 18.0 Å². The summed E-state index contributed by atoms with van der Waals surface area (Å²) in [4.78, 5) is 24.0. The molecule has 160 valence electrons. The molecular formula is C24H25N3O4. The molecule has 1 N–H and O–H groups in total. The Hall–Kier alpha value is -3.87. The van der Waals surface area contributed by atoms with Gasteiger partial charge in [0.1, 0.15) is 11.4 Å². The summed E-state index contributed by atoms with van der Waals surface area (Å²) in [5.74, 6) is -0.282. The zero-order chi connectivity index (χ0) is 22.2. The van der Waals surface area contributed by atoms with Gasteiger partial charge in [-0.05, 0) is 44.2 Å². The highest BCUT2D eigenvalue weighted by molar-refractivity contribution is 5.91. The number of esters is 1. The fraction of sp³-hybridized carbons (Fsp3) is 0.208. The molecule has 0 spiro atoms. The number of methoxy groups -OCH3 is 1. The van der Waals surface area contributed by atoms with E-state index < -0.39 is 12.1 Å². The minimum atomic E-state index is -0.877. The minimum absolute atomic E-state index is 0.337. The molecule has 0 saturated carbocycles. The molecule has 7 heteroatoms. The summed E-state index contributed by atoms with van der Waals surface area (Å²) in [6, 6.07) is 17.2. The van der Waals surface area contributed by atoms with Crippen LogP contribution in [0.5, 0.6) is 5.75 Å². The quantitative estimate of drug-likeness (QED) is 0.445. The lowest BCUT2D eigenvalue weighted by Crippen LogP contribution is -2.35. The monoisotopic (exact) mass is 419 g/mol. The fourth-order valence-corrected chi connectivity index (χ4v) is 3.01. The number of para-hydroxylation sites is 2. The number of hydrogen-bond acceptors (Lipinski definition) is 5. The Kier molecular flexibility index (Phi) is 7.22. The van der Waals surface area contributed by atoms with Crippen LogP contribution in [0.25, 0.3) is 23.0 Å². The van der Waals surface area contributed by atoms with Crippen molar-refractivity contribution < 1.29 is 19.1 Å². The Morgan fingerprint density at radius 3 is 2.55 bits per heavy atom. The first-order valence-electron chi connectivity index (χ1n) is 9.98. The van der Waals surface area contributed by atoms with E-state index in [4.69, 9.17) is 14.6 Å². The summed E-state index contributed by atoms with van der Waals surface area (Å²) in [5, 5.41) is 7.34. The van der Waals surface area contributed by atoms with Gasteiger partial charge in [-0.15, -0.1) is 0 Å². The summed E-state index contributed by atoms with van der Waals surface area (Å²) >= 11 is 0. The molecule has 1 amide bonds. The van der Waals surface area contributed by atoms with Gasteiger partial charge < -0.3 is 14.8 Å². The molecule has 31 heavy (non-hydrogen) atoms. The first kappa shape index (κ1) is 21.8. The Morgan fingerprint density at radius 1 is 1.13 bits per heavy atom. The third-order valence-corrected chi connectivity index (χ3v) is 4.54. The van der Waals surface area contributed by atoms with Gasteiger partial charge in [-0.2, -0.15) is 5.10 Å². The first-order chi connectivity index (χ1) is 15.0. The number of benzene rings is 2. The largest absolute Gasteiger partial charge is 0.496 e. The average molecular weight is 419 g/mol. The van der Waals surface area contributed by atoms with Crippen LogP contribution in [0.2, 0.25) is 0 Å². The van der Waals surface area contributed by atoms with Gasteiger partial charge in [0, 0.05) is 29.9 Å². The second-order valence-corrected chi connectivity index (χ2v) is 6.72. The van der Waals surface area contributed by atoms with E-state index >= 15 is 0 Å². The Morgan fingerprint density at radius 2 is 1.84 bits per heavy atom. The number of carbonyl (C=O) groups excluding carboxylic acids is 2. The highest BCUT2D eigenvalue weighted by Gasteiger charge is 2.17. The molecule has 0 radical (unpaired) electrons. The van der Waals surface area contributed by atoms with Crippen LogP contribution in [0.1, 0.15) is 19.4 Å². The van der Waals surface area contributed by atoms with Crippen molar-refractivity contribution in [3.63, 3.8) is 0 Å². The van der Waals surface area contributed by atoms with Crippen LogP contribution >= 0.6 is 0 Å². The van der Waals surface area contributed by atoms with Gasteiger partial charge in [-0.25, -0.2) is 9.48 Å². The molecule has 0 aliphatic carbocycles. The number of likely N-dealkylation sites (N-methyl/N-ethyl adjacent to an activating group) is 1. The lowest BCUT2D eigenvalue weighted by Gasteiger charge is -2.10. The molecule has 3 rings (SSSR count). The molecule has 0 unspecified atom stereocenters. The Bertz CT molecular complexity index is 1070. The summed E-state index contributed by atoms with van der Waals surface area (Å²) < 4.78 is 12.4. The molecule has 0 aliphatic rings. The number of aromatic nitrogens is 2. The lowest BCUT2D eigenvalue weighted by molar-refractivity contribution is -0.150. The maximum absolute atomic E-state index is 12.2. The highest BCUT2D eigenvalue weighted by Crippen LogP contribution is 2.32. The van der Waals surface area contributed by atoms with Crippen LogP contribution in [-0.2, 0) is 14.3 Å². The number of rotatable bonds is 8. The van der Waals surface area contributed by atoms with E-state index in [1.165, 1.54) is 13.0 Å². The van der Waals surface area contributed by atoms with Gasteiger partial charge in [0.15, 0.2) is 6.10 Å². The Labute approximate surface area is 181 Å². The van der Waals surface area contributed by atoms with E-state index in [0.717, 1.165) is 11.3 Å². The zero-order valence-electron chi connectivity index (χ0n) is 17.7. The van der Waals surface area contributed by atoms with E-state index in [0.29, 0.717) is 23.6 Å². The van der Waals surface area contributed by atoms with Crippen LogP contribution in [0.4, 0.5) is 0 Å². The maximum atomic E-state index is 12.2. The highest BCUT2D eigenvalue weighted by atomic mass is 16.5. The number of nitrogens with zero attached hydrogens (tertiary/aromatic N) is 2. The van der Waals surface area contributed by atoms with Crippen molar-refractivity contribution in [2.24, 2.45) is 0 Å². The molecule has 2 aromatic carbocycles. The van der Waals surface area contributed by atoms with E-state index in [1.807, 2.05) is 60.8 Å². The van der Waals surface area contributed by atoms with Gasteiger partial charge in [0.2, 0.25) is 0 Å². The average Bonchev–Trinajstić information content (AvgIpc) is 3.22. The van der Waals surface area contributed by atoms with Gasteiger partial charge in [0.05, 0.1) is 12.8 Å². The second kappa shape index (κ2) is 10.2. The summed E-state index contributed by atoms with van der Waals surface area (Å²) in [5.41, 5.74) is 3.03. The van der Waals surface area contributed by atoms with Crippen LogP contribution in [0.3, 0.4) is 0 Å². The second-order valence-electron chi connectivity index (χ2n) is 6.72. The third-order valence-electron chi connectivity index (χ3n) is 4.54. The summed E-state index contributed by atoms with van der Waals surface area (Å²) in [7, 11) is 1.60. The standard InChI is InChI=1S/C24H25N3O4/c1-4-25-24(29)17(2)31-22(28)15-14-18-16-27(19-10-6-5-7-11-19)26-23(18)20-12-8-9-13-21(20)30-3/h5-17H,4H2,1-3H3,(H,25,29)/b15-14+/t17-/m1/s1. The SMILES string of the molecule is CCNC(=O)[C@@H](C)OC(=O)/C=C/c1cn(-c2ccccc2)nc1-c1ccccc1OC. The number of ether oxygens (including phenoxy) is 2. The molecule has 0 saturated heterocycles. The fourth-order valence-electron chi connectivity index (χ4n) is 3.01.